The SMILES string of the molecule is C1=CC23C=CC=NC2(C=C1)CCC3. The van der Waals surface area contributed by atoms with E-state index >= 15 is 0 Å². The van der Waals surface area contributed by atoms with E-state index in [1.807, 2.05) is 6.21 Å². The fraction of sp³-hybridized carbons (Fsp3) is 0.417. The Morgan fingerprint density at radius 2 is 1.77 bits per heavy atom. The van der Waals surface area contributed by atoms with E-state index in [0.29, 0.717) is 0 Å². The molecule has 2 unspecified atom stereocenters. The van der Waals surface area contributed by atoms with Gasteiger partial charge in [-0.25, -0.2) is 0 Å². The van der Waals surface area contributed by atoms with E-state index in [2.05, 4.69) is 41.4 Å². The van der Waals surface area contributed by atoms with E-state index in [1.165, 1.54) is 19.3 Å². The maximum absolute atomic E-state index is 4.69. The monoisotopic (exact) mass is 171 g/mol. The Morgan fingerprint density at radius 3 is 2.69 bits per heavy atom. The Kier molecular flexibility index (Phi) is 1.25. The second-order valence-electron chi connectivity index (χ2n) is 4.17. The highest BCUT2D eigenvalue weighted by atomic mass is 14.9. The maximum Gasteiger partial charge on any atom is 0.0915 e. The van der Waals surface area contributed by atoms with E-state index in [4.69, 9.17) is 0 Å². The van der Waals surface area contributed by atoms with Gasteiger partial charge in [-0.15, -0.1) is 0 Å². The van der Waals surface area contributed by atoms with E-state index in [9.17, 15) is 0 Å². The summed E-state index contributed by atoms with van der Waals surface area (Å²) in [5.74, 6) is 0. The van der Waals surface area contributed by atoms with Gasteiger partial charge < -0.3 is 0 Å². The van der Waals surface area contributed by atoms with E-state index in [0.717, 1.165) is 0 Å². The lowest BCUT2D eigenvalue weighted by Gasteiger charge is -2.40. The van der Waals surface area contributed by atoms with Crippen LogP contribution in [-0.4, -0.2) is 11.8 Å². The molecule has 0 aromatic rings. The van der Waals surface area contributed by atoms with Crippen molar-refractivity contribution in [2.75, 3.05) is 0 Å². The van der Waals surface area contributed by atoms with Crippen molar-refractivity contribution in [2.24, 2.45) is 10.4 Å². The van der Waals surface area contributed by atoms with Gasteiger partial charge in [0.25, 0.3) is 0 Å². The molecule has 1 aliphatic heterocycles. The molecule has 0 saturated heterocycles. The smallest absolute Gasteiger partial charge is 0.0915 e. The first kappa shape index (κ1) is 7.31. The molecule has 0 aromatic heterocycles. The quantitative estimate of drug-likeness (QED) is 0.531. The van der Waals surface area contributed by atoms with Crippen LogP contribution in [0.5, 0.6) is 0 Å². The minimum Gasteiger partial charge on any atom is -0.281 e. The lowest BCUT2D eigenvalue weighted by Crippen LogP contribution is -2.40. The van der Waals surface area contributed by atoms with Gasteiger partial charge in [-0.1, -0.05) is 30.4 Å². The van der Waals surface area contributed by atoms with Crippen LogP contribution in [0.1, 0.15) is 19.3 Å². The van der Waals surface area contributed by atoms with Crippen LogP contribution in [0.4, 0.5) is 0 Å². The van der Waals surface area contributed by atoms with Crippen molar-refractivity contribution in [1.82, 2.24) is 0 Å². The highest BCUT2D eigenvalue weighted by Gasteiger charge is 2.51. The zero-order valence-electron chi connectivity index (χ0n) is 7.61. The van der Waals surface area contributed by atoms with Crippen molar-refractivity contribution in [2.45, 2.75) is 24.8 Å². The Morgan fingerprint density at radius 1 is 0.923 bits per heavy atom. The number of hydrogen-bond donors (Lipinski definition) is 0. The number of dihydropyridines is 1. The Balaban J connectivity index is 2.21. The molecule has 1 heterocycles. The predicted molar refractivity (Wildman–Crippen MR) is 54.9 cm³/mol. The zero-order chi connectivity index (χ0) is 8.78. The molecule has 2 aliphatic carbocycles. The lowest BCUT2D eigenvalue weighted by molar-refractivity contribution is 0.349. The molecular formula is C12H13N. The third kappa shape index (κ3) is 0.749. The minimum absolute atomic E-state index is 0.0799. The highest BCUT2D eigenvalue weighted by molar-refractivity contribution is 5.75. The fourth-order valence-electron chi connectivity index (χ4n) is 2.91. The molecule has 2 atom stereocenters. The molecule has 3 rings (SSSR count). The van der Waals surface area contributed by atoms with Crippen molar-refractivity contribution in [3.05, 3.63) is 36.5 Å². The zero-order valence-corrected chi connectivity index (χ0v) is 7.61. The van der Waals surface area contributed by atoms with Gasteiger partial charge in [-0.2, -0.15) is 0 Å². The van der Waals surface area contributed by atoms with Gasteiger partial charge in [-0.05, 0) is 25.3 Å². The van der Waals surface area contributed by atoms with Gasteiger partial charge in [0.1, 0.15) is 0 Å². The number of hydrogen-bond acceptors (Lipinski definition) is 1. The third-order valence-electron chi connectivity index (χ3n) is 3.62. The van der Waals surface area contributed by atoms with E-state index in [1.54, 1.807) is 0 Å². The largest absolute Gasteiger partial charge is 0.281 e. The first-order chi connectivity index (χ1) is 6.37. The normalized spacial score (nSPS) is 44.9. The van der Waals surface area contributed by atoms with Gasteiger partial charge in [0.2, 0.25) is 0 Å². The molecule has 0 spiro atoms. The van der Waals surface area contributed by atoms with Crippen LogP contribution in [0.2, 0.25) is 0 Å². The van der Waals surface area contributed by atoms with Crippen molar-refractivity contribution in [1.29, 1.82) is 0 Å². The first-order valence-electron chi connectivity index (χ1n) is 4.97. The summed E-state index contributed by atoms with van der Waals surface area (Å²) >= 11 is 0. The summed E-state index contributed by atoms with van der Waals surface area (Å²) in [6.07, 6.45) is 19.0. The summed E-state index contributed by atoms with van der Waals surface area (Å²) < 4.78 is 0. The lowest BCUT2D eigenvalue weighted by atomic mass is 9.68. The van der Waals surface area contributed by atoms with Gasteiger partial charge in [0.15, 0.2) is 0 Å². The standard InChI is InChI=1S/C12H13N/c1-2-8-12-9-3-6-11(12,5-1)7-4-10-13-12/h1-2,4-5,7-8,10H,3,6,9H2. The average Bonchev–Trinajstić information content (AvgIpc) is 2.56. The van der Waals surface area contributed by atoms with Crippen molar-refractivity contribution in [3.8, 4) is 0 Å². The molecule has 13 heavy (non-hydrogen) atoms. The molecule has 1 heteroatoms. The van der Waals surface area contributed by atoms with Crippen LogP contribution in [0, 0.1) is 5.41 Å². The number of allylic oxidation sites excluding steroid dienone is 3. The summed E-state index contributed by atoms with van der Waals surface area (Å²) in [6, 6.07) is 0. The molecule has 66 valence electrons. The Hall–Kier alpha value is -1.11. The number of aliphatic imine (C=N–C) groups is 1. The third-order valence-corrected chi connectivity index (χ3v) is 3.62. The topological polar surface area (TPSA) is 12.4 Å². The van der Waals surface area contributed by atoms with Gasteiger partial charge in [0, 0.05) is 11.6 Å². The summed E-state index contributed by atoms with van der Waals surface area (Å²) in [6.45, 7) is 0. The Bertz CT molecular complexity index is 286. The molecule has 0 radical (unpaired) electrons. The van der Waals surface area contributed by atoms with Crippen molar-refractivity contribution in [3.63, 3.8) is 0 Å². The predicted octanol–water partition coefficient (Wildman–Crippen LogP) is 2.66. The van der Waals surface area contributed by atoms with Crippen LogP contribution in [-0.2, 0) is 0 Å². The summed E-state index contributed by atoms with van der Waals surface area (Å²) in [7, 11) is 0. The number of rotatable bonds is 0. The Labute approximate surface area is 78.6 Å². The first-order valence-corrected chi connectivity index (χ1v) is 4.97. The molecular weight excluding hydrogens is 158 g/mol. The molecule has 0 bridgehead atoms. The molecule has 1 nitrogen and oxygen atoms in total. The van der Waals surface area contributed by atoms with Gasteiger partial charge in [0.05, 0.1) is 5.54 Å². The molecule has 3 aliphatic rings. The van der Waals surface area contributed by atoms with Crippen LogP contribution >= 0.6 is 0 Å². The summed E-state index contributed by atoms with van der Waals surface area (Å²) in [4.78, 5) is 4.69. The molecule has 0 N–H and O–H groups in total. The van der Waals surface area contributed by atoms with Crippen LogP contribution in [0.25, 0.3) is 0 Å². The van der Waals surface area contributed by atoms with Gasteiger partial charge in [-0.3, -0.25) is 4.99 Å². The highest BCUT2D eigenvalue weighted by Crippen LogP contribution is 2.54. The van der Waals surface area contributed by atoms with Crippen LogP contribution < -0.4 is 0 Å². The van der Waals surface area contributed by atoms with Crippen LogP contribution in [0.3, 0.4) is 0 Å². The molecule has 1 fully saturated rings. The molecule has 0 aromatic carbocycles. The maximum atomic E-state index is 4.69. The van der Waals surface area contributed by atoms with Crippen molar-refractivity contribution >= 4 is 6.21 Å². The second-order valence-corrected chi connectivity index (χ2v) is 4.17. The van der Waals surface area contributed by atoms with Crippen molar-refractivity contribution < 1.29 is 0 Å². The molecule has 0 amide bonds. The average molecular weight is 171 g/mol. The summed E-state index contributed by atoms with van der Waals surface area (Å²) in [5.41, 5.74) is 0.299. The fourth-order valence-corrected chi connectivity index (χ4v) is 2.91. The molecule has 1 saturated carbocycles. The number of nitrogens with zero attached hydrogens (tertiary/aromatic N) is 1. The summed E-state index contributed by atoms with van der Waals surface area (Å²) in [5, 5.41) is 0. The van der Waals surface area contributed by atoms with Crippen LogP contribution in [0.15, 0.2) is 41.4 Å². The van der Waals surface area contributed by atoms with E-state index in [-0.39, 0.29) is 11.0 Å². The minimum atomic E-state index is 0.0799. The second kappa shape index (κ2) is 2.22. The van der Waals surface area contributed by atoms with E-state index < -0.39 is 0 Å². The van der Waals surface area contributed by atoms with Gasteiger partial charge >= 0.3 is 0 Å².